The molecule has 0 aliphatic rings. The second-order valence-corrected chi connectivity index (χ2v) is 7.62. The Morgan fingerprint density at radius 1 is 0.897 bits per heavy atom. The maximum atomic E-state index is 12.1. The van der Waals surface area contributed by atoms with Gasteiger partial charge in [0, 0.05) is 26.4 Å². The Labute approximate surface area is 181 Å². The van der Waals surface area contributed by atoms with Gasteiger partial charge in [0.2, 0.25) is 5.91 Å². The number of carbonyl (C=O) groups excluding carboxylic acids is 3. The number of carbonyl (C=O) groups is 3. The number of esters is 2. The summed E-state index contributed by atoms with van der Waals surface area (Å²) in [5, 5.41) is 0. The van der Waals surface area contributed by atoms with Crippen LogP contribution >= 0.6 is 11.6 Å². The number of hydrogen-bond acceptors (Lipinski definition) is 5. The van der Waals surface area contributed by atoms with Gasteiger partial charge in [0.1, 0.15) is 12.0 Å². The Morgan fingerprint density at radius 3 is 2.17 bits per heavy atom. The lowest BCUT2D eigenvalue weighted by Crippen LogP contribution is -2.34. The van der Waals surface area contributed by atoms with Crippen molar-refractivity contribution in [3.8, 4) is 0 Å². The Morgan fingerprint density at radius 2 is 1.55 bits per heavy atom. The van der Waals surface area contributed by atoms with Crippen molar-refractivity contribution in [3.05, 3.63) is 0 Å². The molecule has 0 N–H and O–H groups in total. The van der Waals surface area contributed by atoms with Gasteiger partial charge in [0.05, 0.1) is 6.61 Å². The minimum Gasteiger partial charge on any atom is -0.466 e. The number of hydrogen-bond donors (Lipinski definition) is 0. The van der Waals surface area contributed by atoms with Crippen molar-refractivity contribution in [2.24, 2.45) is 0 Å². The molecule has 0 rings (SSSR count). The monoisotopic (exact) mass is 433 g/mol. The van der Waals surface area contributed by atoms with Crippen LogP contribution in [-0.2, 0) is 23.9 Å². The summed E-state index contributed by atoms with van der Waals surface area (Å²) < 4.78 is 10.3. The average molecular weight is 434 g/mol. The molecule has 29 heavy (non-hydrogen) atoms. The summed E-state index contributed by atoms with van der Waals surface area (Å²) in [4.78, 5) is 36.5. The third-order valence-corrected chi connectivity index (χ3v) is 4.98. The SMILES string of the molecule is CCCCCC(CCCN(CCCCCCC(=O)OCC)C(=O)CCl)OC(C)=O. The summed E-state index contributed by atoms with van der Waals surface area (Å²) in [6, 6.07) is 0. The van der Waals surface area contributed by atoms with Crippen LogP contribution in [0, 0.1) is 0 Å². The molecule has 1 amide bonds. The largest absolute Gasteiger partial charge is 0.466 e. The number of rotatable bonds is 18. The molecule has 0 aromatic heterocycles. The van der Waals surface area contributed by atoms with Crippen LogP contribution in [0.5, 0.6) is 0 Å². The second kappa shape index (κ2) is 18.7. The third kappa shape index (κ3) is 16.2. The minimum atomic E-state index is -0.247. The van der Waals surface area contributed by atoms with Crippen LogP contribution in [0.4, 0.5) is 0 Å². The van der Waals surface area contributed by atoms with Gasteiger partial charge in [-0.3, -0.25) is 14.4 Å². The number of nitrogens with zero attached hydrogens (tertiary/aromatic N) is 1. The smallest absolute Gasteiger partial charge is 0.305 e. The molecule has 0 aliphatic carbocycles. The topological polar surface area (TPSA) is 72.9 Å². The fraction of sp³-hybridized carbons (Fsp3) is 0.864. The summed E-state index contributed by atoms with van der Waals surface area (Å²) in [6.07, 6.45) is 9.69. The molecule has 1 atom stereocenters. The quantitative estimate of drug-likeness (QED) is 0.175. The van der Waals surface area contributed by atoms with E-state index in [2.05, 4.69) is 6.92 Å². The fourth-order valence-corrected chi connectivity index (χ4v) is 3.40. The molecule has 0 radical (unpaired) electrons. The van der Waals surface area contributed by atoms with E-state index in [0.717, 1.165) is 64.2 Å². The highest BCUT2D eigenvalue weighted by Gasteiger charge is 2.15. The molecule has 0 aromatic carbocycles. The number of amides is 1. The van der Waals surface area contributed by atoms with E-state index in [0.29, 0.717) is 26.1 Å². The van der Waals surface area contributed by atoms with Crippen LogP contribution in [0.2, 0.25) is 0 Å². The van der Waals surface area contributed by atoms with Crippen LogP contribution in [0.3, 0.4) is 0 Å². The van der Waals surface area contributed by atoms with E-state index >= 15 is 0 Å². The molecule has 170 valence electrons. The summed E-state index contributed by atoms with van der Waals surface area (Å²) in [5.74, 6) is -0.476. The summed E-state index contributed by atoms with van der Waals surface area (Å²) in [6.45, 7) is 7.11. The van der Waals surface area contributed by atoms with Crippen molar-refractivity contribution in [3.63, 3.8) is 0 Å². The Bertz CT molecular complexity index is 458. The van der Waals surface area contributed by atoms with Gasteiger partial charge >= 0.3 is 11.9 Å². The van der Waals surface area contributed by atoms with Gasteiger partial charge in [-0.2, -0.15) is 0 Å². The standard InChI is InChI=1S/C22H40ClNO5/c1-4-6-9-13-20(29-19(3)25)14-12-17-24(21(26)18-23)16-11-8-7-10-15-22(27)28-5-2/h20H,4-18H2,1-3H3. The molecule has 6 nitrogen and oxygen atoms in total. The van der Waals surface area contributed by atoms with Crippen LogP contribution in [0.15, 0.2) is 0 Å². The molecule has 0 aromatic rings. The Kier molecular flexibility index (Phi) is 17.9. The van der Waals surface area contributed by atoms with Crippen molar-refractivity contribution in [2.75, 3.05) is 25.6 Å². The average Bonchev–Trinajstić information content (AvgIpc) is 2.68. The van der Waals surface area contributed by atoms with Crippen LogP contribution < -0.4 is 0 Å². The Balaban J connectivity index is 4.20. The molecular weight excluding hydrogens is 394 g/mol. The highest BCUT2D eigenvalue weighted by atomic mass is 35.5. The van der Waals surface area contributed by atoms with Gasteiger partial charge in [-0.15, -0.1) is 11.6 Å². The van der Waals surface area contributed by atoms with Gasteiger partial charge in [-0.1, -0.05) is 32.6 Å². The summed E-state index contributed by atoms with van der Waals surface area (Å²) in [5.41, 5.74) is 0. The molecule has 0 spiro atoms. The molecular formula is C22H40ClNO5. The highest BCUT2D eigenvalue weighted by Crippen LogP contribution is 2.14. The Hall–Kier alpha value is -1.30. The normalized spacial score (nSPS) is 11.7. The molecule has 0 bridgehead atoms. The molecule has 0 heterocycles. The number of alkyl halides is 1. The molecule has 0 fully saturated rings. The zero-order valence-electron chi connectivity index (χ0n) is 18.6. The van der Waals surface area contributed by atoms with E-state index in [9.17, 15) is 14.4 Å². The van der Waals surface area contributed by atoms with E-state index < -0.39 is 0 Å². The lowest BCUT2D eigenvalue weighted by molar-refractivity contribution is -0.147. The van der Waals surface area contributed by atoms with E-state index in [1.165, 1.54) is 6.92 Å². The predicted octanol–water partition coefficient (Wildman–Crippen LogP) is 4.86. The summed E-state index contributed by atoms with van der Waals surface area (Å²) in [7, 11) is 0. The van der Waals surface area contributed by atoms with E-state index in [1.807, 2.05) is 0 Å². The second-order valence-electron chi connectivity index (χ2n) is 7.35. The molecule has 1 unspecified atom stereocenters. The minimum absolute atomic E-state index is 0.0211. The van der Waals surface area contributed by atoms with Gasteiger partial charge in [-0.05, 0) is 45.4 Å². The highest BCUT2D eigenvalue weighted by molar-refractivity contribution is 6.27. The van der Waals surface area contributed by atoms with Crippen molar-refractivity contribution < 1.29 is 23.9 Å². The van der Waals surface area contributed by atoms with E-state index in [4.69, 9.17) is 21.1 Å². The predicted molar refractivity (Wildman–Crippen MR) is 116 cm³/mol. The first-order valence-corrected chi connectivity index (χ1v) is 11.6. The molecule has 7 heteroatoms. The van der Waals surface area contributed by atoms with Gasteiger partial charge in [0.25, 0.3) is 0 Å². The number of unbranched alkanes of at least 4 members (excludes halogenated alkanes) is 5. The van der Waals surface area contributed by atoms with Crippen LogP contribution in [-0.4, -0.2) is 54.4 Å². The van der Waals surface area contributed by atoms with Gasteiger partial charge < -0.3 is 14.4 Å². The zero-order chi connectivity index (χ0) is 21.9. The van der Waals surface area contributed by atoms with Crippen molar-refractivity contribution >= 4 is 29.4 Å². The number of ether oxygens (including phenoxy) is 2. The lowest BCUT2D eigenvalue weighted by Gasteiger charge is -2.23. The van der Waals surface area contributed by atoms with Gasteiger partial charge in [-0.25, -0.2) is 0 Å². The van der Waals surface area contributed by atoms with E-state index in [1.54, 1.807) is 11.8 Å². The van der Waals surface area contributed by atoms with E-state index in [-0.39, 0.29) is 29.8 Å². The maximum absolute atomic E-state index is 12.1. The molecule has 0 saturated heterocycles. The van der Waals surface area contributed by atoms with Crippen molar-refractivity contribution in [2.45, 2.75) is 97.5 Å². The zero-order valence-corrected chi connectivity index (χ0v) is 19.3. The summed E-state index contributed by atoms with van der Waals surface area (Å²) >= 11 is 5.76. The first kappa shape index (κ1) is 27.7. The van der Waals surface area contributed by atoms with Crippen molar-refractivity contribution in [1.29, 1.82) is 0 Å². The van der Waals surface area contributed by atoms with Gasteiger partial charge in [0.15, 0.2) is 0 Å². The van der Waals surface area contributed by atoms with Crippen LogP contribution in [0.1, 0.15) is 91.4 Å². The maximum Gasteiger partial charge on any atom is 0.305 e. The molecule has 0 saturated carbocycles. The van der Waals surface area contributed by atoms with Crippen molar-refractivity contribution in [1.82, 2.24) is 4.90 Å². The first-order chi connectivity index (χ1) is 13.9. The third-order valence-electron chi connectivity index (χ3n) is 4.75. The lowest BCUT2D eigenvalue weighted by atomic mass is 10.1. The fourth-order valence-electron chi connectivity index (χ4n) is 3.23. The molecule has 0 aliphatic heterocycles. The first-order valence-electron chi connectivity index (χ1n) is 11.1. The van der Waals surface area contributed by atoms with Crippen LogP contribution in [0.25, 0.3) is 0 Å². The number of halogens is 1.